The maximum Gasteiger partial charge on any atom is 0.338 e. The van der Waals surface area contributed by atoms with Crippen molar-refractivity contribution < 1.29 is 47.6 Å². The van der Waals surface area contributed by atoms with Crippen LogP contribution in [0.3, 0.4) is 0 Å². The molecule has 11 nitrogen and oxygen atoms in total. The van der Waals surface area contributed by atoms with Crippen LogP contribution in [0.25, 0.3) is 0 Å². The van der Waals surface area contributed by atoms with E-state index >= 15 is 0 Å². The monoisotopic (exact) mass is 507 g/mol. The van der Waals surface area contributed by atoms with Crippen LogP contribution in [0.5, 0.6) is 0 Å². The Balaban J connectivity index is 1.53. The minimum atomic E-state index is -1.24. The Hall–Kier alpha value is -2.12. The number of ether oxygens (including phenoxy) is 7. The summed E-state index contributed by atoms with van der Waals surface area (Å²) >= 11 is 0. The smallest absolute Gasteiger partial charge is 0.338 e. The van der Waals surface area contributed by atoms with Gasteiger partial charge in [0.05, 0.1) is 26.9 Å². The number of hydrogen-bond donors (Lipinski definition) is 0. The van der Waals surface area contributed by atoms with E-state index in [1.165, 1.54) is 19.3 Å². The maximum atomic E-state index is 13.0. The quantitative estimate of drug-likeness (QED) is 0.543. The number of hydroxylamine groups is 2. The van der Waals surface area contributed by atoms with Crippen LogP contribution in [-0.4, -0.2) is 86.2 Å². The Morgan fingerprint density at radius 3 is 2.17 bits per heavy atom. The standard InChI is InChI=1S/C25H33NO10/c1-24(2)31-12-14(33-24)17-19-20(35-25(3,4)34-19)21(32-17)26-16(13-10-8-7-9-11-13)15(22(27)29-5)18(36-26)23(28)30-6/h7-11,14-21H,12H2,1-6H3/t14?,15-,16-,17-,18+,19+,20+,21+/m1/s1. The molecule has 1 aromatic carbocycles. The van der Waals surface area contributed by atoms with Gasteiger partial charge >= 0.3 is 11.9 Å². The second-order valence-corrected chi connectivity index (χ2v) is 10.2. The summed E-state index contributed by atoms with van der Waals surface area (Å²) in [5, 5.41) is 1.52. The summed E-state index contributed by atoms with van der Waals surface area (Å²) in [4.78, 5) is 31.9. The highest BCUT2D eigenvalue weighted by Crippen LogP contribution is 2.49. The lowest BCUT2D eigenvalue weighted by molar-refractivity contribution is -0.291. The van der Waals surface area contributed by atoms with E-state index in [0.717, 1.165) is 5.56 Å². The molecule has 4 aliphatic rings. The number of hydrogen-bond acceptors (Lipinski definition) is 11. The van der Waals surface area contributed by atoms with Crippen LogP contribution in [-0.2, 0) is 47.6 Å². The van der Waals surface area contributed by atoms with Crippen LogP contribution in [0.1, 0.15) is 39.3 Å². The zero-order chi connectivity index (χ0) is 25.8. The van der Waals surface area contributed by atoms with Crippen LogP contribution >= 0.6 is 0 Å². The largest absolute Gasteiger partial charge is 0.469 e. The number of fused-ring (bicyclic) bond motifs is 1. The van der Waals surface area contributed by atoms with Gasteiger partial charge in [0.25, 0.3) is 0 Å². The molecule has 36 heavy (non-hydrogen) atoms. The SMILES string of the molecule is COC(=O)[C@H]1[C@@H](C(=O)OC)ON([C@H]2O[C@H](C3COC(C)(C)O3)[C@@H]3OC(C)(C)O[C@@H]32)[C@@H]1c1ccccc1. The topological polar surface area (TPSA) is 111 Å². The predicted molar refractivity (Wildman–Crippen MR) is 121 cm³/mol. The maximum absolute atomic E-state index is 13.0. The highest BCUT2D eigenvalue weighted by Gasteiger charge is 2.64. The number of benzene rings is 1. The van der Waals surface area contributed by atoms with Crippen LogP contribution in [0.4, 0.5) is 0 Å². The second-order valence-electron chi connectivity index (χ2n) is 10.2. The molecule has 0 aliphatic carbocycles. The normalized spacial score (nSPS) is 39.2. The first-order valence-electron chi connectivity index (χ1n) is 12.0. The van der Waals surface area contributed by atoms with Crippen molar-refractivity contribution in [2.45, 2.75) is 82.1 Å². The molecule has 1 aromatic rings. The molecule has 0 N–H and O–H groups in total. The van der Waals surface area contributed by atoms with Gasteiger partial charge in [0, 0.05) is 0 Å². The Morgan fingerprint density at radius 1 is 0.889 bits per heavy atom. The van der Waals surface area contributed by atoms with Gasteiger partial charge in [0.2, 0.25) is 0 Å². The van der Waals surface area contributed by atoms with Gasteiger partial charge in [-0.25, -0.2) is 4.79 Å². The number of rotatable bonds is 5. The predicted octanol–water partition coefficient (Wildman–Crippen LogP) is 1.70. The third-order valence-corrected chi connectivity index (χ3v) is 6.94. The molecule has 0 spiro atoms. The molecule has 0 bridgehead atoms. The van der Waals surface area contributed by atoms with Crippen LogP contribution < -0.4 is 0 Å². The Bertz CT molecular complexity index is 984. The van der Waals surface area contributed by atoms with E-state index in [-0.39, 0.29) is 0 Å². The number of esters is 2. The van der Waals surface area contributed by atoms with Gasteiger partial charge in [0.15, 0.2) is 23.9 Å². The molecule has 198 valence electrons. The van der Waals surface area contributed by atoms with E-state index in [1.54, 1.807) is 0 Å². The van der Waals surface area contributed by atoms with Gasteiger partial charge in [-0.05, 0) is 33.3 Å². The number of methoxy groups -OCH3 is 2. The first-order valence-corrected chi connectivity index (χ1v) is 12.0. The van der Waals surface area contributed by atoms with Gasteiger partial charge in [0.1, 0.15) is 30.3 Å². The summed E-state index contributed by atoms with van der Waals surface area (Å²) in [6.07, 6.45) is -4.13. The van der Waals surface area contributed by atoms with Crippen LogP contribution in [0.2, 0.25) is 0 Å². The fraction of sp³-hybridized carbons (Fsp3) is 0.680. The molecule has 1 unspecified atom stereocenters. The van der Waals surface area contributed by atoms with Crippen molar-refractivity contribution in [3.63, 3.8) is 0 Å². The molecule has 5 rings (SSSR count). The van der Waals surface area contributed by atoms with Crippen molar-refractivity contribution >= 4 is 11.9 Å². The van der Waals surface area contributed by atoms with Gasteiger partial charge in [-0.1, -0.05) is 30.3 Å². The fourth-order valence-electron chi connectivity index (χ4n) is 5.49. The summed E-state index contributed by atoms with van der Waals surface area (Å²) < 4.78 is 40.9. The number of carbonyl (C=O) groups is 2. The number of carbonyl (C=O) groups excluding carboxylic acids is 2. The Labute approximate surface area is 209 Å². The number of nitrogens with zero attached hydrogens (tertiary/aromatic N) is 1. The van der Waals surface area contributed by atoms with E-state index in [9.17, 15) is 9.59 Å². The second kappa shape index (κ2) is 9.32. The third kappa shape index (κ3) is 4.43. The summed E-state index contributed by atoms with van der Waals surface area (Å²) in [5.74, 6) is -3.97. The van der Waals surface area contributed by atoms with E-state index < -0.39 is 72.2 Å². The van der Waals surface area contributed by atoms with Crippen LogP contribution in [0.15, 0.2) is 30.3 Å². The molecule has 4 fully saturated rings. The van der Waals surface area contributed by atoms with Crippen molar-refractivity contribution in [2.75, 3.05) is 20.8 Å². The first-order chi connectivity index (χ1) is 17.0. The molecule has 8 atom stereocenters. The Kier molecular flexibility index (Phi) is 6.61. The van der Waals surface area contributed by atoms with E-state index in [1.807, 2.05) is 58.0 Å². The van der Waals surface area contributed by atoms with Crippen LogP contribution in [0, 0.1) is 5.92 Å². The van der Waals surface area contributed by atoms with Crippen molar-refractivity contribution in [1.29, 1.82) is 0 Å². The highest BCUT2D eigenvalue weighted by molar-refractivity contribution is 5.85. The minimum Gasteiger partial charge on any atom is -0.469 e. The molecule has 0 aromatic heterocycles. The molecule has 11 heteroatoms. The summed E-state index contributed by atoms with van der Waals surface area (Å²) in [5.41, 5.74) is 0.739. The van der Waals surface area contributed by atoms with Crippen molar-refractivity contribution in [3.05, 3.63) is 35.9 Å². The molecular weight excluding hydrogens is 474 g/mol. The third-order valence-electron chi connectivity index (χ3n) is 6.94. The zero-order valence-corrected chi connectivity index (χ0v) is 21.2. The minimum absolute atomic E-state index is 0.315. The van der Waals surface area contributed by atoms with E-state index in [0.29, 0.717) is 6.61 Å². The average Bonchev–Trinajstić information content (AvgIpc) is 3.57. The highest BCUT2D eigenvalue weighted by atomic mass is 16.8. The van der Waals surface area contributed by atoms with Gasteiger partial charge in [-0.15, -0.1) is 5.06 Å². The Morgan fingerprint density at radius 2 is 1.56 bits per heavy atom. The van der Waals surface area contributed by atoms with E-state index in [2.05, 4.69) is 0 Å². The molecule has 4 aliphatic heterocycles. The lowest BCUT2D eigenvalue weighted by atomic mass is 9.89. The van der Waals surface area contributed by atoms with Gasteiger partial charge < -0.3 is 33.2 Å². The van der Waals surface area contributed by atoms with Crippen molar-refractivity contribution in [1.82, 2.24) is 5.06 Å². The fourth-order valence-corrected chi connectivity index (χ4v) is 5.49. The molecule has 0 radical (unpaired) electrons. The molecule has 0 saturated carbocycles. The van der Waals surface area contributed by atoms with Crippen molar-refractivity contribution in [2.24, 2.45) is 5.92 Å². The molecule has 0 amide bonds. The molecule has 4 saturated heterocycles. The van der Waals surface area contributed by atoms with E-state index in [4.69, 9.17) is 38.0 Å². The lowest BCUT2D eigenvalue weighted by Gasteiger charge is -2.33. The molecular formula is C25H33NO10. The molecule has 4 heterocycles. The zero-order valence-electron chi connectivity index (χ0n) is 21.2. The lowest BCUT2D eigenvalue weighted by Crippen LogP contribution is -2.44. The first kappa shape index (κ1) is 25.5. The summed E-state index contributed by atoms with van der Waals surface area (Å²) in [7, 11) is 2.52. The average molecular weight is 508 g/mol. The van der Waals surface area contributed by atoms with Gasteiger partial charge in [-0.3, -0.25) is 9.63 Å². The summed E-state index contributed by atoms with van der Waals surface area (Å²) in [6.45, 7) is 7.64. The summed E-state index contributed by atoms with van der Waals surface area (Å²) in [6, 6.07) is 8.54. The van der Waals surface area contributed by atoms with Gasteiger partial charge in [-0.2, -0.15) is 0 Å². The van der Waals surface area contributed by atoms with Crippen molar-refractivity contribution in [3.8, 4) is 0 Å².